The van der Waals surface area contributed by atoms with Crippen molar-refractivity contribution in [3.8, 4) is 0 Å². The minimum absolute atomic E-state index is 0.0532. The van der Waals surface area contributed by atoms with Gasteiger partial charge in [-0.05, 0) is 47.7 Å². The molecule has 2 aromatic heterocycles. The quantitative estimate of drug-likeness (QED) is 0.673. The van der Waals surface area contributed by atoms with Crippen LogP contribution in [-0.4, -0.2) is 39.9 Å². The third-order valence-electron chi connectivity index (χ3n) is 6.22. The zero-order chi connectivity index (χ0) is 19.7. The molecule has 28 heavy (non-hydrogen) atoms. The molecule has 0 radical (unpaired) electrons. The van der Waals surface area contributed by atoms with Crippen LogP contribution in [0, 0.1) is 11.3 Å². The van der Waals surface area contributed by atoms with Crippen molar-refractivity contribution in [1.29, 1.82) is 0 Å². The van der Waals surface area contributed by atoms with Gasteiger partial charge in [-0.1, -0.05) is 25.7 Å². The van der Waals surface area contributed by atoms with Gasteiger partial charge in [-0.2, -0.15) is 0 Å². The van der Waals surface area contributed by atoms with Crippen LogP contribution in [0.1, 0.15) is 45.4 Å². The van der Waals surface area contributed by atoms with Gasteiger partial charge in [0, 0.05) is 23.4 Å². The van der Waals surface area contributed by atoms with Crippen LogP contribution in [0.15, 0.2) is 22.9 Å². The van der Waals surface area contributed by atoms with Crippen molar-refractivity contribution in [2.24, 2.45) is 11.3 Å². The van der Waals surface area contributed by atoms with E-state index in [4.69, 9.17) is 4.74 Å². The van der Waals surface area contributed by atoms with E-state index in [-0.39, 0.29) is 5.91 Å². The second-order valence-electron chi connectivity index (χ2n) is 8.33. The summed E-state index contributed by atoms with van der Waals surface area (Å²) in [5.74, 6) is 0.439. The summed E-state index contributed by atoms with van der Waals surface area (Å²) in [6.07, 6.45) is 10.2. The van der Waals surface area contributed by atoms with Gasteiger partial charge in [0.1, 0.15) is 5.65 Å². The van der Waals surface area contributed by atoms with Gasteiger partial charge in [-0.15, -0.1) is 0 Å². The number of carbonyl (C=O) groups is 1. The Balaban J connectivity index is 1.64. The number of aromatic nitrogens is 2. The summed E-state index contributed by atoms with van der Waals surface area (Å²) in [7, 11) is 0. The van der Waals surface area contributed by atoms with Crippen LogP contribution in [0.4, 0.5) is 5.69 Å². The first-order valence-electron chi connectivity index (χ1n) is 10.2. The fourth-order valence-corrected chi connectivity index (χ4v) is 5.16. The van der Waals surface area contributed by atoms with Crippen LogP contribution in [0.5, 0.6) is 0 Å². The molecule has 1 aliphatic heterocycles. The highest BCUT2D eigenvalue weighted by atomic mass is 79.9. The first kappa shape index (κ1) is 19.9. The Hall–Kier alpha value is -1.44. The molecule has 1 atom stereocenters. The molecular formula is C21H28BrN3O3. The van der Waals surface area contributed by atoms with Crippen LogP contribution in [-0.2, 0) is 16.1 Å². The lowest BCUT2D eigenvalue weighted by molar-refractivity contribution is -0.170. The number of fused-ring (bicyclic) bond motifs is 1. The standard InChI is InChI=1S/C21H28BrN3O3/c1-14(26)10-25-11-17(18-16(22)8-9-23-19(18)25)24-20(27)21(12-28-13-21)15-6-4-2-3-5-7-15/h8-9,11,14-15,26H,2-7,10,12-13H2,1H3,(H,24,27). The first-order valence-corrected chi connectivity index (χ1v) is 11.0. The Labute approximate surface area is 173 Å². The number of aliphatic hydroxyl groups excluding tert-OH is 1. The van der Waals surface area contributed by atoms with Gasteiger partial charge in [0.25, 0.3) is 0 Å². The van der Waals surface area contributed by atoms with E-state index in [0.717, 1.165) is 34.0 Å². The molecule has 6 nitrogen and oxygen atoms in total. The number of nitrogens with one attached hydrogen (secondary N) is 1. The zero-order valence-corrected chi connectivity index (χ0v) is 17.9. The normalized spacial score (nSPS) is 21.1. The van der Waals surface area contributed by atoms with Crippen LogP contribution in [0.2, 0.25) is 0 Å². The van der Waals surface area contributed by atoms with Gasteiger partial charge >= 0.3 is 0 Å². The van der Waals surface area contributed by atoms with Crippen molar-refractivity contribution in [3.05, 3.63) is 22.9 Å². The maximum atomic E-state index is 13.4. The highest BCUT2D eigenvalue weighted by Crippen LogP contribution is 2.44. The molecule has 4 rings (SSSR count). The van der Waals surface area contributed by atoms with E-state index in [2.05, 4.69) is 26.2 Å². The van der Waals surface area contributed by atoms with Gasteiger partial charge in [0.05, 0.1) is 35.8 Å². The maximum Gasteiger partial charge on any atom is 0.235 e. The van der Waals surface area contributed by atoms with Crippen molar-refractivity contribution in [1.82, 2.24) is 9.55 Å². The highest BCUT2D eigenvalue weighted by Gasteiger charge is 2.51. The molecule has 1 aliphatic carbocycles. The van der Waals surface area contributed by atoms with Gasteiger partial charge in [0.2, 0.25) is 5.91 Å². The monoisotopic (exact) mass is 449 g/mol. The average Bonchev–Trinajstić information content (AvgIpc) is 2.79. The molecule has 3 heterocycles. The zero-order valence-electron chi connectivity index (χ0n) is 16.3. The fraction of sp³-hybridized carbons (Fsp3) is 0.619. The summed E-state index contributed by atoms with van der Waals surface area (Å²) in [6.45, 7) is 3.19. The number of halogens is 1. The summed E-state index contributed by atoms with van der Waals surface area (Å²) >= 11 is 3.59. The van der Waals surface area contributed by atoms with E-state index in [1.165, 1.54) is 25.7 Å². The third-order valence-corrected chi connectivity index (χ3v) is 6.88. The summed E-state index contributed by atoms with van der Waals surface area (Å²) < 4.78 is 8.32. The largest absolute Gasteiger partial charge is 0.392 e. The summed E-state index contributed by atoms with van der Waals surface area (Å²) in [5.41, 5.74) is 1.07. The topological polar surface area (TPSA) is 76.4 Å². The molecule has 1 saturated carbocycles. The minimum atomic E-state index is -0.503. The van der Waals surface area contributed by atoms with Crippen molar-refractivity contribution in [2.75, 3.05) is 18.5 Å². The second-order valence-corrected chi connectivity index (χ2v) is 9.18. The Kier molecular flexibility index (Phi) is 5.76. The average molecular weight is 450 g/mol. The summed E-state index contributed by atoms with van der Waals surface area (Å²) in [4.78, 5) is 17.9. The lowest BCUT2D eigenvalue weighted by Crippen LogP contribution is -2.56. The molecule has 1 unspecified atom stereocenters. The smallest absolute Gasteiger partial charge is 0.235 e. The molecule has 0 spiro atoms. The molecule has 0 bridgehead atoms. The van der Waals surface area contributed by atoms with Gasteiger partial charge in [-0.3, -0.25) is 4.79 Å². The summed E-state index contributed by atoms with van der Waals surface area (Å²) in [6, 6.07) is 1.87. The van der Waals surface area contributed by atoms with Gasteiger partial charge in [0.15, 0.2) is 0 Å². The molecule has 2 fully saturated rings. The predicted octanol–water partition coefficient (Wildman–Crippen LogP) is 4.11. The van der Waals surface area contributed by atoms with E-state index in [0.29, 0.717) is 25.7 Å². The van der Waals surface area contributed by atoms with Crippen LogP contribution in [0.25, 0.3) is 11.0 Å². The number of hydrogen-bond acceptors (Lipinski definition) is 4. The third kappa shape index (κ3) is 3.60. The molecule has 2 aliphatic rings. The molecule has 2 N–H and O–H groups in total. The number of rotatable bonds is 5. The van der Waals surface area contributed by atoms with E-state index >= 15 is 0 Å². The van der Waals surface area contributed by atoms with E-state index in [9.17, 15) is 9.90 Å². The maximum absolute atomic E-state index is 13.4. The van der Waals surface area contributed by atoms with Crippen molar-refractivity contribution in [3.63, 3.8) is 0 Å². The number of hydrogen-bond donors (Lipinski definition) is 2. The number of carbonyl (C=O) groups excluding carboxylic acids is 1. The molecular weight excluding hydrogens is 422 g/mol. The van der Waals surface area contributed by atoms with Crippen molar-refractivity contribution < 1.29 is 14.6 Å². The number of nitrogens with zero attached hydrogens (tertiary/aromatic N) is 2. The van der Waals surface area contributed by atoms with Crippen molar-refractivity contribution in [2.45, 2.75) is 58.1 Å². The minimum Gasteiger partial charge on any atom is -0.392 e. The molecule has 7 heteroatoms. The van der Waals surface area contributed by atoms with E-state index in [1.54, 1.807) is 13.1 Å². The second kappa shape index (κ2) is 8.13. The number of pyridine rings is 1. The van der Waals surface area contributed by atoms with Crippen LogP contribution >= 0.6 is 15.9 Å². The number of ether oxygens (including phenoxy) is 1. The van der Waals surface area contributed by atoms with Crippen LogP contribution in [0.3, 0.4) is 0 Å². The Morgan fingerprint density at radius 2 is 2.11 bits per heavy atom. The lowest BCUT2D eigenvalue weighted by Gasteiger charge is -2.45. The SMILES string of the molecule is CC(O)Cn1cc(NC(=O)C2(C3CCCCCC3)COC2)c2c(Br)ccnc21. The number of aliphatic hydroxyl groups is 1. The van der Waals surface area contributed by atoms with Gasteiger partial charge in [-0.25, -0.2) is 4.98 Å². The molecule has 1 amide bonds. The lowest BCUT2D eigenvalue weighted by atomic mass is 9.69. The molecule has 0 aromatic carbocycles. The molecule has 1 saturated heterocycles. The fourth-order valence-electron chi connectivity index (χ4n) is 4.65. The first-order chi connectivity index (χ1) is 13.5. The number of anilines is 1. The highest BCUT2D eigenvalue weighted by molar-refractivity contribution is 9.10. The Morgan fingerprint density at radius 1 is 1.39 bits per heavy atom. The Morgan fingerprint density at radius 3 is 2.71 bits per heavy atom. The Bertz CT molecular complexity index is 852. The van der Waals surface area contributed by atoms with E-state index < -0.39 is 11.5 Å². The molecule has 2 aromatic rings. The van der Waals surface area contributed by atoms with E-state index in [1.807, 2.05) is 16.8 Å². The predicted molar refractivity (Wildman–Crippen MR) is 112 cm³/mol. The van der Waals surface area contributed by atoms with Crippen LogP contribution < -0.4 is 5.32 Å². The number of amides is 1. The molecule has 152 valence electrons. The van der Waals surface area contributed by atoms with Crippen molar-refractivity contribution >= 4 is 38.6 Å². The van der Waals surface area contributed by atoms with Gasteiger partial charge < -0.3 is 19.7 Å². The summed E-state index contributed by atoms with van der Waals surface area (Å²) in [5, 5.41) is 13.9.